The molecule has 0 saturated heterocycles. The van der Waals surface area contributed by atoms with Crippen molar-refractivity contribution in [1.29, 1.82) is 0 Å². The highest BCUT2D eigenvalue weighted by Gasteiger charge is 2.21. The molecule has 0 aliphatic rings. The van der Waals surface area contributed by atoms with Crippen LogP contribution in [0.4, 0.5) is 5.95 Å². The van der Waals surface area contributed by atoms with E-state index in [9.17, 15) is 13.2 Å². The van der Waals surface area contributed by atoms with E-state index in [0.29, 0.717) is 11.1 Å². The molecular formula is C12H12N4O4S. The summed E-state index contributed by atoms with van der Waals surface area (Å²) in [7, 11) is -4.00. The lowest BCUT2D eigenvalue weighted by Crippen LogP contribution is -2.17. The predicted octanol–water partition coefficient (Wildman–Crippen LogP) is 0.987. The van der Waals surface area contributed by atoms with Crippen LogP contribution in [0.3, 0.4) is 0 Å². The molecule has 2 N–H and O–H groups in total. The molecule has 0 atom stereocenters. The molecule has 0 amide bonds. The molecule has 1 aromatic carbocycles. The normalized spacial score (nSPS) is 11.1. The van der Waals surface area contributed by atoms with Crippen molar-refractivity contribution in [3.8, 4) is 0 Å². The highest BCUT2D eigenvalue weighted by molar-refractivity contribution is 7.92. The van der Waals surface area contributed by atoms with Gasteiger partial charge in [-0.15, -0.1) is 5.10 Å². The van der Waals surface area contributed by atoms with Crippen LogP contribution in [0.1, 0.15) is 21.5 Å². The summed E-state index contributed by atoms with van der Waals surface area (Å²) in [6.45, 7) is 3.18. The third kappa shape index (κ3) is 3.14. The fourth-order valence-corrected chi connectivity index (χ4v) is 3.02. The third-order valence-electron chi connectivity index (χ3n) is 2.75. The van der Waals surface area contributed by atoms with Gasteiger partial charge in [0.15, 0.2) is 0 Å². The van der Waals surface area contributed by atoms with Gasteiger partial charge in [0, 0.05) is 0 Å². The smallest absolute Gasteiger partial charge is 0.335 e. The number of hydrogen-bond donors (Lipinski definition) is 2. The Balaban J connectivity index is 2.50. The second kappa shape index (κ2) is 5.44. The van der Waals surface area contributed by atoms with Crippen molar-refractivity contribution in [3.63, 3.8) is 0 Å². The van der Waals surface area contributed by atoms with Crippen molar-refractivity contribution in [2.75, 3.05) is 4.72 Å². The van der Waals surface area contributed by atoms with E-state index in [2.05, 4.69) is 19.9 Å². The van der Waals surface area contributed by atoms with E-state index in [1.807, 2.05) is 0 Å². The van der Waals surface area contributed by atoms with Crippen LogP contribution >= 0.6 is 0 Å². The van der Waals surface area contributed by atoms with Crippen LogP contribution in [0.2, 0.25) is 0 Å². The van der Waals surface area contributed by atoms with Gasteiger partial charge in [-0.2, -0.15) is 5.10 Å². The van der Waals surface area contributed by atoms with Gasteiger partial charge in [0.1, 0.15) is 0 Å². The van der Waals surface area contributed by atoms with Crippen molar-refractivity contribution < 1.29 is 18.3 Å². The van der Waals surface area contributed by atoms with E-state index in [1.165, 1.54) is 18.5 Å². The second-order valence-electron chi connectivity index (χ2n) is 4.31. The number of aryl methyl sites for hydroxylation is 2. The Morgan fingerprint density at radius 3 is 2.48 bits per heavy atom. The highest BCUT2D eigenvalue weighted by atomic mass is 32.2. The second-order valence-corrected chi connectivity index (χ2v) is 5.96. The number of benzene rings is 1. The van der Waals surface area contributed by atoms with Crippen molar-refractivity contribution >= 4 is 21.9 Å². The maximum Gasteiger partial charge on any atom is 0.335 e. The van der Waals surface area contributed by atoms with Gasteiger partial charge >= 0.3 is 5.97 Å². The Labute approximate surface area is 120 Å². The Morgan fingerprint density at radius 1 is 1.19 bits per heavy atom. The van der Waals surface area contributed by atoms with Gasteiger partial charge in [0.2, 0.25) is 0 Å². The summed E-state index contributed by atoms with van der Waals surface area (Å²) in [4.78, 5) is 14.7. The molecule has 1 aromatic heterocycles. The van der Waals surface area contributed by atoms with Gasteiger partial charge < -0.3 is 5.11 Å². The lowest BCUT2D eigenvalue weighted by atomic mass is 10.1. The zero-order valence-electron chi connectivity index (χ0n) is 11.2. The van der Waals surface area contributed by atoms with E-state index in [-0.39, 0.29) is 16.4 Å². The third-order valence-corrected chi connectivity index (χ3v) is 4.22. The average Bonchev–Trinajstić information content (AvgIpc) is 2.38. The number of anilines is 1. The van der Waals surface area contributed by atoms with Crippen LogP contribution in [-0.2, 0) is 10.0 Å². The average molecular weight is 308 g/mol. The highest BCUT2D eigenvalue weighted by Crippen LogP contribution is 2.22. The van der Waals surface area contributed by atoms with Crippen molar-refractivity contribution in [2.45, 2.75) is 18.7 Å². The molecule has 0 aliphatic carbocycles. The molecule has 9 heteroatoms. The van der Waals surface area contributed by atoms with E-state index in [1.54, 1.807) is 13.8 Å². The topological polar surface area (TPSA) is 122 Å². The quantitative estimate of drug-likeness (QED) is 0.863. The number of carboxylic acids is 1. The maximum absolute atomic E-state index is 12.3. The fraction of sp³-hybridized carbons (Fsp3) is 0.167. The van der Waals surface area contributed by atoms with Gasteiger partial charge in [-0.25, -0.2) is 22.9 Å². The van der Waals surface area contributed by atoms with E-state index in [4.69, 9.17) is 5.11 Å². The van der Waals surface area contributed by atoms with Crippen LogP contribution < -0.4 is 4.72 Å². The first kappa shape index (κ1) is 14.9. The zero-order valence-corrected chi connectivity index (χ0v) is 12.0. The molecule has 8 nitrogen and oxygen atoms in total. The first-order valence-corrected chi connectivity index (χ1v) is 7.30. The molecule has 0 spiro atoms. The minimum atomic E-state index is -4.00. The van der Waals surface area contributed by atoms with Crippen molar-refractivity contribution in [2.24, 2.45) is 0 Å². The molecule has 0 saturated carbocycles. The van der Waals surface area contributed by atoms with Crippen LogP contribution in [0.15, 0.2) is 29.4 Å². The zero-order chi connectivity index (χ0) is 15.6. The first-order chi connectivity index (χ1) is 9.81. The summed E-state index contributed by atoms with van der Waals surface area (Å²) in [6, 6.07) is 2.62. The Kier molecular flexibility index (Phi) is 3.85. The fourth-order valence-electron chi connectivity index (χ4n) is 1.82. The molecular weight excluding hydrogens is 296 g/mol. The number of hydrogen-bond acceptors (Lipinski definition) is 6. The predicted molar refractivity (Wildman–Crippen MR) is 73.5 cm³/mol. The minimum absolute atomic E-state index is 0.0759. The number of carboxylic acid groups (broad SMARTS) is 1. The number of rotatable bonds is 4. The van der Waals surface area contributed by atoms with Gasteiger partial charge in [-0.05, 0) is 31.0 Å². The number of carbonyl (C=O) groups is 1. The lowest BCUT2D eigenvalue weighted by Gasteiger charge is -2.11. The van der Waals surface area contributed by atoms with Gasteiger partial charge in [0.05, 0.1) is 22.9 Å². The van der Waals surface area contributed by atoms with Crippen molar-refractivity contribution in [1.82, 2.24) is 15.2 Å². The molecule has 0 fully saturated rings. The maximum atomic E-state index is 12.3. The summed E-state index contributed by atoms with van der Waals surface area (Å²) in [5.41, 5.74) is 0.832. The van der Waals surface area contributed by atoms with E-state index in [0.717, 1.165) is 6.07 Å². The number of aromatic nitrogens is 3. The molecule has 2 rings (SSSR count). The largest absolute Gasteiger partial charge is 0.478 e. The molecule has 0 aliphatic heterocycles. The molecule has 0 bridgehead atoms. The molecule has 2 aromatic rings. The Hall–Kier alpha value is -2.55. The summed E-state index contributed by atoms with van der Waals surface area (Å²) < 4.78 is 26.7. The Morgan fingerprint density at radius 2 is 1.90 bits per heavy atom. The van der Waals surface area contributed by atoms with Crippen molar-refractivity contribution in [3.05, 3.63) is 41.2 Å². The molecule has 0 unspecified atom stereocenters. The number of sulfonamides is 1. The van der Waals surface area contributed by atoms with Crippen LogP contribution in [0.5, 0.6) is 0 Å². The van der Waals surface area contributed by atoms with Crippen LogP contribution in [-0.4, -0.2) is 34.7 Å². The molecule has 110 valence electrons. The van der Waals surface area contributed by atoms with Gasteiger partial charge in [-0.1, -0.05) is 6.07 Å². The van der Waals surface area contributed by atoms with E-state index >= 15 is 0 Å². The lowest BCUT2D eigenvalue weighted by molar-refractivity contribution is 0.0696. The number of nitrogens with zero attached hydrogens (tertiary/aromatic N) is 3. The Bertz CT molecular complexity index is 790. The minimum Gasteiger partial charge on any atom is -0.478 e. The number of aromatic carboxylic acids is 1. The monoisotopic (exact) mass is 308 g/mol. The number of nitrogens with one attached hydrogen (secondary N) is 1. The molecule has 0 radical (unpaired) electrons. The first-order valence-electron chi connectivity index (χ1n) is 5.82. The summed E-state index contributed by atoms with van der Waals surface area (Å²) in [5, 5.41) is 16.1. The summed E-state index contributed by atoms with van der Waals surface area (Å²) >= 11 is 0. The molecule has 1 heterocycles. The standard InChI is InChI=1S/C12H12N4O4S/c1-7-5-8(2)10(6-9(7)11(17)18)21(19,20)16-12-13-3-4-14-15-12/h3-6H,1-2H3,(H,17,18)(H,13,15,16). The molecule has 21 heavy (non-hydrogen) atoms. The summed E-state index contributed by atoms with van der Waals surface area (Å²) in [5.74, 6) is -1.38. The van der Waals surface area contributed by atoms with E-state index < -0.39 is 16.0 Å². The van der Waals surface area contributed by atoms with Crippen LogP contribution in [0.25, 0.3) is 0 Å². The van der Waals surface area contributed by atoms with Gasteiger partial charge in [0.25, 0.3) is 16.0 Å². The van der Waals surface area contributed by atoms with Gasteiger partial charge in [-0.3, -0.25) is 0 Å². The van der Waals surface area contributed by atoms with Crippen LogP contribution in [0, 0.1) is 13.8 Å². The SMILES string of the molecule is Cc1cc(C)c(S(=O)(=O)Nc2nccnn2)cc1C(=O)O. The summed E-state index contributed by atoms with van der Waals surface area (Å²) in [6.07, 6.45) is 2.59.